The van der Waals surface area contributed by atoms with Crippen LogP contribution < -0.4 is 5.32 Å². The fourth-order valence-corrected chi connectivity index (χ4v) is 2.82. The van der Waals surface area contributed by atoms with Crippen molar-refractivity contribution in [3.05, 3.63) is 0 Å². The van der Waals surface area contributed by atoms with Crippen LogP contribution >= 0.6 is 0 Å². The average Bonchev–Trinajstić information content (AvgIpc) is 2.45. The van der Waals surface area contributed by atoms with Gasteiger partial charge in [0.2, 0.25) is 0 Å². The molecule has 0 amide bonds. The normalized spacial score (nSPS) is 21.8. The van der Waals surface area contributed by atoms with E-state index in [1.54, 1.807) is 0 Å². The minimum atomic E-state index is -0.582. The van der Waals surface area contributed by atoms with Gasteiger partial charge in [-0.25, -0.2) is 0 Å². The number of nitrogens with one attached hydrogen (secondary N) is 1. The van der Waals surface area contributed by atoms with Crippen molar-refractivity contribution in [2.24, 2.45) is 0 Å². The van der Waals surface area contributed by atoms with Gasteiger partial charge in [-0.3, -0.25) is 9.69 Å². The lowest BCUT2D eigenvalue weighted by Crippen LogP contribution is -2.54. The van der Waals surface area contributed by atoms with E-state index >= 15 is 0 Å². The minimum Gasteiger partial charge on any atom is -0.468 e. The SMILES string of the molecule is CCCNC(C)(CCCN1CCOCC1(C)C)C(=O)OC. The summed E-state index contributed by atoms with van der Waals surface area (Å²) in [5, 5.41) is 3.34. The fourth-order valence-electron chi connectivity index (χ4n) is 2.82. The molecule has 0 aromatic heterocycles. The third kappa shape index (κ3) is 5.24. The third-order valence-electron chi connectivity index (χ3n) is 4.32. The molecule has 1 fully saturated rings. The Bertz CT molecular complexity index is 333. The summed E-state index contributed by atoms with van der Waals surface area (Å²) < 4.78 is 10.5. The van der Waals surface area contributed by atoms with E-state index in [0.717, 1.165) is 52.1 Å². The van der Waals surface area contributed by atoms with Crippen LogP contribution in [-0.4, -0.2) is 61.9 Å². The molecule has 0 aliphatic carbocycles. The lowest BCUT2D eigenvalue weighted by atomic mass is 9.94. The van der Waals surface area contributed by atoms with E-state index in [2.05, 4.69) is 31.0 Å². The van der Waals surface area contributed by atoms with Crippen LogP contribution in [0.4, 0.5) is 0 Å². The molecular formula is C16H32N2O3. The zero-order valence-electron chi connectivity index (χ0n) is 14.3. The van der Waals surface area contributed by atoms with E-state index in [-0.39, 0.29) is 11.5 Å². The second-order valence-corrected chi connectivity index (χ2v) is 6.71. The van der Waals surface area contributed by atoms with Gasteiger partial charge >= 0.3 is 5.97 Å². The number of carbonyl (C=O) groups is 1. The van der Waals surface area contributed by atoms with Gasteiger partial charge in [0.1, 0.15) is 5.54 Å². The van der Waals surface area contributed by atoms with Crippen LogP contribution in [-0.2, 0) is 14.3 Å². The predicted molar refractivity (Wildman–Crippen MR) is 84.4 cm³/mol. The molecule has 1 atom stereocenters. The quantitative estimate of drug-likeness (QED) is 0.693. The van der Waals surface area contributed by atoms with Gasteiger partial charge in [0.05, 0.1) is 20.3 Å². The van der Waals surface area contributed by atoms with Crippen LogP contribution in [0.1, 0.15) is 47.0 Å². The average molecular weight is 300 g/mol. The molecule has 1 heterocycles. The Morgan fingerprint density at radius 3 is 2.76 bits per heavy atom. The Hall–Kier alpha value is -0.650. The fraction of sp³-hybridized carbons (Fsp3) is 0.938. The second-order valence-electron chi connectivity index (χ2n) is 6.71. The summed E-state index contributed by atoms with van der Waals surface area (Å²) in [6.07, 6.45) is 2.75. The number of rotatable bonds is 8. The smallest absolute Gasteiger partial charge is 0.325 e. The highest BCUT2D eigenvalue weighted by molar-refractivity contribution is 5.80. The molecule has 1 saturated heterocycles. The third-order valence-corrected chi connectivity index (χ3v) is 4.32. The number of hydrogen-bond donors (Lipinski definition) is 1. The lowest BCUT2D eigenvalue weighted by Gasteiger charge is -2.42. The van der Waals surface area contributed by atoms with Crippen LogP contribution in [0.15, 0.2) is 0 Å². The summed E-state index contributed by atoms with van der Waals surface area (Å²) in [5.41, 5.74) is -0.502. The molecular weight excluding hydrogens is 268 g/mol. The highest BCUT2D eigenvalue weighted by Gasteiger charge is 2.35. The highest BCUT2D eigenvalue weighted by atomic mass is 16.5. The molecule has 5 nitrogen and oxygen atoms in total. The van der Waals surface area contributed by atoms with E-state index in [1.807, 2.05) is 6.92 Å². The largest absolute Gasteiger partial charge is 0.468 e. The van der Waals surface area contributed by atoms with Crippen molar-refractivity contribution >= 4 is 5.97 Å². The van der Waals surface area contributed by atoms with Gasteiger partial charge < -0.3 is 14.8 Å². The Balaban J connectivity index is 2.51. The lowest BCUT2D eigenvalue weighted by molar-refractivity contribution is -0.148. The van der Waals surface area contributed by atoms with Crippen molar-refractivity contribution in [3.8, 4) is 0 Å². The number of hydrogen-bond acceptors (Lipinski definition) is 5. The molecule has 0 saturated carbocycles. The van der Waals surface area contributed by atoms with Crippen molar-refractivity contribution in [1.82, 2.24) is 10.2 Å². The summed E-state index contributed by atoms with van der Waals surface area (Å²) in [6, 6.07) is 0. The molecule has 1 rings (SSSR count). The van der Waals surface area contributed by atoms with Crippen LogP contribution in [0.5, 0.6) is 0 Å². The van der Waals surface area contributed by atoms with Crippen LogP contribution in [0.25, 0.3) is 0 Å². The molecule has 1 N–H and O–H groups in total. The van der Waals surface area contributed by atoms with Gasteiger partial charge in [-0.2, -0.15) is 0 Å². The van der Waals surface area contributed by atoms with Crippen molar-refractivity contribution < 1.29 is 14.3 Å². The van der Waals surface area contributed by atoms with E-state index in [0.29, 0.717) is 0 Å². The first-order valence-electron chi connectivity index (χ1n) is 8.02. The Morgan fingerprint density at radius 1 is 1.48 bits per heavy atom. The van der Waals surface area contributed by atoms with E-state index < -0.39 is 5.54 Å². The zero-order chi connectivity index (χ0) is 15.9. The molecule has 0 spiro atoms. The molecule has 21 heavy (non-hydrogen) atoms. The summed E-state index contributed by atoms with van der Waals surface area (Å²) >= 11 is 0. The molecule has 1 unspecified atom stereocenters. The van der Waals surface area contributed by atoms with Gasteiger partial charge in [-0.1, -0.05) is 6.92 Å². The summed E-state index contributed by atoms with van der Waals surface area (Å²) in [5.74, 6) is -0.169. The predicted octanol–water partition coefficient (Wildman–Crippen LogP) is 1.81. The number of methoxy groups -OCH3 is 1. The maximum atomic E-state index is 12.0. The van der Waals surface area contributed by atoms with Crippen molar-refractivity contribution in [2.45, 2.75) is 58.0 Å². The van der Waals surface area contributed by atoms with Gasteiger partial charge in [0, 0.05) is 12.1 Å². The maximum absolute atomic E-state index is 12.0. The maximum Gasteiger partial charge on any atom is 0.325 e. The number of carbonyl (C=O) groups excluding carboxylic acids is 1. The summed E-state index contributed by atoms with van der Waals surface area (Å²) in [6.45, 7) is 12.8. The Kier molecular flexibility index (Phi) is 7.10. The molecule has 1 aliphatic rings. The first-order valence-corrected chi connectivity index (χ1v) is 8.02. The molecule has 1 aliphatic heterocycles. The minimum absolute atomic E-state index is 0.0801. The van der Waals surface area contributed by atoms with E-state index in [1.165, 1.54) is 7.11 Å². The molecule has 0 radical (unpaired) electrons. The van der Waals surface area contributed by atoms with Crippen molar-refractivity contribution in [3.63, 3.8) is 0 Å². The molecule has 0 aromatic rings. The molecule has 5 heteroatoms. The highest BCUT2D eigenvalue weighted by Crippen LogP contribution is 2.21. The van der Waals surface area contributed by atoms with Crippen LogP contribution in [0.2, 0.25) is 0 Å². The standard InChI is InChI=1S/C16H32N2O3/c1-6-9-17-16(4,14(19)20-5)8-7-10-18-11-12-21-13-15(18,2)3/h17H,6-13H2,1-5H3. The van der Waals surface area contributed by atoms with Gasteiger partial charge in [0.25, 0.3) is 0 Å². The van der Waals surface area contributed by atoms with Crippen LogP contribution in [0, 0.1) is 0 Å². The topological polar surface area (TPSA) is 50.8 Å². The van der Waals surface area contributed by atoms with E-state index in [4.69, 9.17) is 9.47 Å². The van der Waals surface area contributed by atoms with Gasteiger partial charge in [-0.05, 0) is 53.1 Å². The van der Waals surface area contributed by atoms with Crippen LogP contribution in [0.3, 0.4) is 0 Å². The van der Waals surface area contributed by atoms with Gasteiger partial charge in [0.15, 0.2) is 0 Å². The molecule has 0 bridgehead atoms. The number of ether oxygens (including phenoxy) is 2. The number of esters is 1. The first kappa shape index (κ1) is 18.4. The Labute approximate surface area is 129 Å². The monoisotopic (exact) mass is 300 g/mol. The van der Waals surface area contributed by atoms with Gasteiger partial charge in [-0.15, -0.1) is 0 Å². The molecule has 0 aromatic carbocycles. The Morgan fingerprint density at radius 2 is 2.19 bits per heavy atom. The number of morpholine rings is 1. The summed E-state index contributed by atoms with van der Waals surface area (Å²) in [4.78, 5) is 14.5. The zero-order valence-corrected chi connectivity index (χ0v) is 14.3. The van der Waals surface area contributed by atoms with Crippen molar-refractivity contribution in [2.75, 3.05) is 40.0 Å². The molecule has 124 valence electrons. The van der Waals surface area contributed by atoms with E-state index in [9.17, 15) is 4.79 Å². The second kappa shape index (κ2) is 8.11. The number of nitrogens with zero attached hydrogens (tertiary/aromatic N) is 1. The summed E-state index contributed by atoms with van der Waals surface area (Å²) in [7, 11) is 1.46. The first-order chi connectivity index (χ1) is 9.85. The van der Waals surface area contributed by atoms with Crippen molar-refractivity contribution in [1.29, 1.82) is 0 Å².